The van der Waals surface area contributed by atoms with Gasteiger partial charge in [0.2, 0.25) is 11.9 Å². The number of aryl methyl sites for hydroxylation is 2. The van der Waals surface area contributed by atoms with E-state index >= 15 is 0 Å². The molecule has 2 heterocycles. The fraction of sp³-hybridized carbons (Fsp3) is 0.348. The Balaban J connectivity index is 1.60. The Morgan fingerprint density at radius 3 is 2.35 bits per heavy atom. The molecule has 0 fully saturated rings. The number of aromatic nitrogens is 4. The van der Waals surface area contributed by atoms with Gasteiger partial charge in [-0.25, -0.2) is 9.78 Å². The summed E-state index contributed by atoms with van der Waals surface area (Å²) in [6, 6.07) is 15.3. The summed E-state index contributed by atoms with van der Waals surface area (Å²) in [5.74, 6) is 0.192. The minimum Gasteiger partial charge on any atom is -0.382 e. The van der Waals surface area contributed by atoms with E-state index in [9.17, 15) is 9.59 Å². The molecule has 0 saturated carbocycles. The molecule has 0 aliphatic carbocycles. The molecule has 0 aliphatic rings. The number of imidazole rings is 2. The van der Waals surface area contributed by atoms with E-state index in [0.717, 1.165) is 28.5 Å². The first-order chi connectivity index (χ1) is 15.1. The average molecular weight is 422 g/mol. The van der Waals surface area contributed by atoms with Gasteiger partial charge in [-0.1, -0.05) is 24.3 Å². The summed E-state index contributed by atoms with van der Waals surface area (Å²) in [6.45, 7) is 6.35. The molecular formula is C23H27N5O3. The first-order valence-electron chi connectivity index (χ1n) is 10.6. The summed E-state index contributed by atoms with van der Waals surface area (Å²) < 4.78 is 10.6. The van der Waals surface area contributed by atoms with Gasteiger partial charge in [-0.15, -0.1) is 0 Å². The van der Waals surface area contributed by atoms with Crippen molar-refractivity contribution in [3.63, 3.8) is 0 Å². The van der Waals surface area contributed by atoms with Gasteiger partial charge in [0.25, 0.3) is 0 Å². The number of hydrogen-bond acceptors (Lipinski definition) is 4. The topological polar surface area (TPSA) is 83.1 Å². The van der Waals surface area contributed by atoms with E-state index in [1.165, 1.54) is 4.57 Å². The number of carbonyl (C=O) groups excluding carboxylic acids is 1. The molecule has 2 aromatic heterocycles. The normalized spacial score (nSPS) is 11.4. The van der Waals surface area contributed by atoms with E-state index in [4.69, 9.17) is 4.74 Å². The zero-order valence-corrected chi connectivity index (χ0v) is 17.9. The van der Waals surface area contributed by atoms with Gasteiger partial charge in [-0.2, -0.15) is 0 Å². The van der Waals surface area contributed by atoms with Gasteiger partial charge < -0.3 is 9.30 Å². The molecule has 0 bridgehead atoms. The van der Waals surface area contributed by atoms with Gasteiger partial charge in [0.1, 0.15) is 6.54 Å². The highest BCUT2D eigenvalue weighted by Gasteiger charge is 2.17. The van der Waals surface area contributed by atoms with E-state index in [-0.39, 0.29) is 18.1 Å². The lowest BCUT2D eigenvalue weighted by Crippen LogP contribution is -2.29. The van der Waals surface area contributed by atoms with Crippen molar-refractivity contribution in [3.05, 3.63) is 59.0 Å². The lowest BCUT2D eigenvalue weighted by atomic mass is 10.3. The van der Waals surface area contributed by atoms with Crippen LogP contribution in [0.25, 0.3) is 22.1 Å². The summed E-state index contributed by atoms with van der Waals surface area (Å²) in [5, 5.41) is 2.91. The van der Waals surface area contributed by atoms with Crippen molar-refractivity contribution in [2.45, 2.75) is 39.9 Å². The zero-order chi connectivity index (χ0) is 21.8. The van der Waals surface area contributed by atoms with Crippen molar-refractivity contribution < 1.29 is 9.53 Å². The summed E-state index contributed by atoms with van der Waals surface area (Å²) >= 11 is 0. The monoisotopic (exact) mass is 421 g/mol. The number of anilines is 1. The van der Waals surface area contributed by atoms with Gasteiger partial charge >= 0.3 is 5.69 Å². The molecular weight excluding hydrogens is 394 g/mol. The Morgan fingerprint density at radius 1 is 0.968 bits per heavy atom. The second kappa shape index (κ2) is 9.18. The van der Waals surface area contributed by atoms with Crippen LogP contribution in [0.15, 0.2) is 53.3 Å². The summed E-state index contributed by atoms with van der Waals surface area (Å²) in [4.78, 5) is 30.3. The first kappa shape index (κ1) is 20.9. The van der Waals surface area contributed by atoms with Crippen LogP contribution in [0.5, 0.6) is 0 Å². The van der Waals surface area contributed by atoms with E-state index in [2.05, 4.69) is 10.3 Å². The first-order valence-corrected chi connectivity index (χ1v) is 10.6. The Hall–Kier alpha value is -3.39. The maximum atomic E-state index is 12.9. The maximum Gasteiger partial charge on any atom is 0.329 e. The molecule has 8 heteroatoms. The van der Waals surface area contributed by atoms with Crippen LogP contribution in [0, 0.1) is 0 Å². The van der Waals surface area contributed by atoms with E-state index in [1.807, 2.05) is 66.9 Å². The molecule has 1 amide bonds. The highest BCUT2D eigenvalue weighted by atomic mass is 16.5. The van der Waals surface area contributed by atoms with Crippen LogP contribution in [-0.4, -0.2) is 37.8 Å². The minimum absolute atomic E-state index is 0.0749. The number of nitrogens with zero attached hydrogens (tertiary/aromatic N) is 4. The molecule has 0 aliphatic heterocycles. The van der Waals surface area contributed by atoms with Gasteiger partial charge in [0.15, 0.2) is 0 Å². The molecule has 0 spiro atoms. The van der Waals surface area contributed by atoms with E-state index < -0.39 is 0 Å². The lowest BCUT2D eigenvalue weighted by molar-refractivity contribution is -0.116. The van der Waals surface area contributed by atoms with Crippen LogP contribution in [0.3, 0.4) is 0 Å². The average Bonchev–Trinajstić information content (AvgIpc) is 3.25. The van der Waals surface area contributed by atoms with E-state index in [1.54, 1.807) is 4.57 Å². The van der Waals surface area contributed by atoms with Crippen molar-refractivity contribution >= 4 is 33.9 Å². The van der Waals surface area contributed by atoms with Gasteiger partial charge in [0, 0.05) is 26.3 Å². The van der Waals surface area contributed by atoms with Crippen LogP contribution in [0.1, 0.15) is 20.3 Å². The number of carbonyl (C=O) groups is 1. The molecule has 0 saturated heterocycles. The number of ether oxygens (including phenoxy) is 1. The van der Waals surface area contributed by atoms with Crippen LogP contribution in [0.2, 0.25) is 0 Å². The molecule has 1 N–H and O–H groups in total. The molecule has 31 heavy (non-hydrogen) atoms. The zero-order valence-electron chi connectivity index (χ0n) is 17.9. The standard InChI is InChI=1S/C23H27N5O3/c1-3-26-19-12-7-8-13-20(19)28(23(26)30)16-21(29)25-22-24-17-10-5-6-11-18(17)27(22)14-9-15-31-4-2/h5-8,10-13H,3-4,9,14-16H2,1-2H3,(H,24,25,29). The van der Waals surface area contributed by atoms with Crippen molar-refractivity contribution in [2.75, 3.05) is 18.5 Å². The van der Waals surface area contributed by atoms with Crippen molar-refractivity contribution in [2.24, 2.45) is 0 Å². The molecule has 4 aromatic rings. The SMILES string of the molecule is CCOCCCn1c(NC(=O)Cn2c(=O)n(CC)c3ccccc32)nc2ccccc21. The van der Waals surface area contributed by atoms with Crippen LogP contribution in [-0.2, 0) is 29.2 Å². The number of hydrogen-bond donors (Lipinski definition) is 1. The van der Waals surface area contributed by atoms with Crippen molar-refractivity contribution in [3.8, 4) is 0 Å². The lowest BCUT2D eigenvalue weighted by Gasteiger charge is -2.10. The fourth-order valence-electron chi connectivity index (χ4n) is 3.91. The number of nitrogens with one attached hydrogen (secondary N) is 1. The van der Waals surface area contributed by atoms with Crippen molar-refractivity contribution in [1.82, 2.24) is 18.7 Å². The predicted molar refractivity (Wildman–Crippen MR) is 121 cm³/mol. The molecule has 0 radical (unpaired) electrons. The Labute approximate surface area is 180 Å². The van der Waals surface area contributed by atoms with E-state index in [0.29, 0.717) is 32.3 Å². The molecule has 0 atom stereocenters. The number of fused-ring (bicyclic) bond motifs is 2. The van der Waals surface area contributed by atoms with Gasteiger partial charge in [-0.05, 0) is 44.5 Å². The largest absolute Gasteiger partial charge is 0.382 e. The van der Waals surface area contributed by atoms with Crippen LogP contribution in [0.4, 0.5) is 5.95 Å². The van der Waals surface area contributed by atoms with Gasteiger partial charge in [-0.3, -0.25) is 19.2 Å². The Kier molecular flexibility index (Phi) is 6.18. The minimum atomic E-state index is -0.289. The third kappa shape index (κ3) is 4.11. The highest BCUT2D eigenvalue weighted by molar-refractivity contribution is 5.92. The third-order valence-electron chi connectivity index (χ3n) is 5.32. The van der Waals surface area contributed by atoms with Crippen molar-refractivity contribution in [1.29, 1.82) is 0 Å². The second-order valence-electron chi connectivity index (χ2n) is 7.28. The van der Waals surface area contributed by atoms with Gasteiger partial charge in [0.05, 0.1) is 22.1 Å². The maximum absolute atomic E-state index is 12.9. The highest BCUT2D eigenvalue weighted by Crippen LogP contribution is 2.20. The second-order valence-corrected chi connectivity index (χ2v) is 7.28. The third-order valence-corrected chi connectivity index (χ3v) is 5.32. The summed E-state index contributed by atoms with van der Waals surface area (Å²) in [5.41, 5.74) is 3.15. The Morgan fingerprint density at radius 2 is 1.65 bits per heavy atom. The summed E-state index contributed by atoms with van der Waals surface area (Å²) in [6.07, 6.45) is 0.806. The predicted octanol–water partition coefficient (Wildman–Crippen LogP) is 3.24. The molecule has 162 valence electrons. The molecule has 8 nitrogen and oxygen atoms in total. The quantitative estimate of drug-likeness (QED) is 0.421. The molecule has 2 aromatic carbocycles. The number of rotatable bonds is 9. The summed E-state index contributed by atoms with van der Waals surface area (Å²) in [7, 11) is 0. The fourth-order valence-corrected chi connectivity index (χ4v) is 3.91. The number of para-hydroxylation sites is 4. The number of amides is 1. The van der Waals surface area contributed by atoms with Crippen LogP contribution >= 0.6 is 0 Å². The smallest absolute Gasteiger partial charge is 0.329 e. The van der Waals surface area contributed by atoms with Crippen LogP contribution < -0.4 is 11.0 Å². The molecule has 4 rings (SSSR count). The number of benzene rings is 2. The Bertz CT molecular complexity index is 1270. The molecule has 0 unspecified atom stereocenters.